The summed E-state index contributed by atoms with van der Waals surface area (Å²) in [7, 11) is 0. The molecule has 68 valence electrons. The molecule has 0 spiro atoms. The van der Waals surface area contributed by atoms with Gasteiger partial charge in [0.15, 0.2) is 0 Å². The minimum Gasteiger partial charge on any atom is -0.0725 e. The van der Waals surface area contributed by atoms with Crippen molar-refractivity contribution in [1.29, 1.82) is 0 Å². The van der Waals surface area contributed by atoms with Gasteiger partial charge in [-0.05, 0) is 11.0 Å². The third-order valence-corrected chi connectivity index (χ3v) is 2.99. The average molecular weight is 172 g/mol. The van der Waals surface area contributed by atoms with E-state index in [1.807, 2.05) is 0 Å². The summed E-state index contributed by atoms with van der Waals surface area (Å²) in [5, 5.41) is 0. The monoisotopic (exact) mass is 172 g/mol. The summed E-state index contributed by atoms with van der Waals surface area (Å²) in [6.07, 6.45) is 4.62. The maximum atomic E-state index is 2.31. The van der Waals surface area contributed by atoms with E-state index in [2.05, 4.69) is 63.3 Å². The molecule has 0 N–H and O–H groups in total. The zero-order valence-electron chi connectivity index (χ0n) is 8.54. The molecule has 0 heterocycles. The van der Waals surface area contributed by atoms with E-state index in [9.17, 15) is 0 Å². The van der Waals surface area contributed by atoms with Gasteiger partial charge in [-0.3, -0.25) is 0 Å². The highest BCUT2D eigenvalue weighted by atomic mass is 14.5. The fourth-order valence-electron chi connectivity index (χ4n) is 1.92. The van der Waals surface area contributed by atoms with Crippen molar-refractivity contribution in [2.75, 3.05) is 0 Å². The summed E-state index contributed by atoms with van der Waals surface area (Å²) in [6.45, 7) is 6.88. The Balaban J connectivity index is 2.38. The van der Waals surface area contributed by atoms with E-state index < -0.39 is 0 Å². The Morgan fingerprint density at radius 2 is 1.46 bits per heavy atom. The lowest BCUT2D eigenvalue weighted by Crippen LogP contribution is -2.27. The fraction of sp³-hybridized carbons (Fsp3) is 0.385. The summed E-state index contributed by atoms with van der Waals surface area (Å²) < 4.78 is 0. The van der Waals surface area contributed by atoms with Crippen molar-refractivity contribution in [2.45, 2.75) is 26.2 Å². The van der Waals surface area contributed by atoms with Crippen LogP contribution in [-0.2, 0) is 5.41 Å². The molecule has 0 fully saturated rings. The topological polar surface area (TPSA) is 0 Å². The first kappa shape index (κ1) is 8.55. The van der Waals surface area contributed by atoms with Crippen LogP contribution in [0, 0.1) is 5.41 Å². The van der Waals surface area contributed by atoms with Crippen molar-refractivity contribution in [3.05, 3.63) is 48.0 Å². The molecule has 0 atom stereocenters. The number of rotatable bonds is 1. The van der Waals surface area contributed by atoms with E-state index in [1.54, 1.807) is 0 Å². The van der Waals surface area contributed by atoms with Crippen LogP contribution in [0.3, 0.4) is 0 Å². The number of hydrogen-bond donors (Lipinski definition) is 0. The van der Waals surface area contributed by atoms with Crippen LogP contribution in [0.4, 0.5) is 0 Å². The number of hydrogen-bond acceptors (Lipinski definition) is 0. The van der Waals surface area contributed by atoms with Gasteiger partial charge >= 0.3 is 0 Å². The standard InChI is InChI=1S/C13H16/c1-12(2,3)13(9-10-13)11-7-5-4-6-8-11/h4-10H,1-3H3. The summed E-state index contributed by atoms with van der Waals surface area (Å²) >= 11 is 0. The Bertz CT molecular complexity index is 319. The summed E-state index contributed by atoms with van der Waals surface area (Å²) in [5.74, 6) is 0. The van der Waals surface area contributed by atoms with Crippen LogP contribution < -0.4 is 0 Å². The van der Waals surface area contributed by atoms with E-state index in [-0.39, 0.29) is 5.41 Å². The second kappa shape index (κ2) is 2.47. The molecule has 2 rings (SSSR count). The van der Waals surface area contributed by atoms with E-state index in [0.29, 0.717) is 5.41 Å². The van der Waals surface area contributed by atoms with Gasteiger partial charge in [0.05, 0.1) is 0 Å². The first-order chi connectivity index (χ1) is 6.06. The Morgan fingerprint density at radius 3 is 1.85 bits per heavy atom. The van der Waals surface area contributed by atoms with Gasteiger partial charge in [-0.2, -0.15) is 0 Å². The van der Waals surface area contributed by atoms with Crippen LogP contribution in [0.2, 0.25) is 0 Å². The highest BCUT2D eigenvalue weighted by molar-refractivity contribution is 5.49. The van der Waals surface area contributed by atoms with Gasteiger partial charge in [0.25, 0.3) is 0 Å². The number of allylic oxidation sites excluding steroid dienone is 2. The molecule has 0 heteroatoms. The molecule has 0 radical (unpaired) electrons. The van der Waals surface area contributed by atoms with Gasteiger partial charge in [0.1, 0.15) is 0 Å². The zero-order chi connectivity index (χ0) is 9.53. The maximum absolute atomic E-state index is 2.31. The quantitative estimate of drug-likeness (QED) is 0.568. The summed E-state index contributed by atoms with van der Waals surface area (Å²) in [6, 6.07) is 10.7. The molecule has 13 heavy (non-hydrogen) atoms. The van der Waals surface area contributed by atoms with E-state index in [1.165, 1.54) is 5.56 Å². The summed E-state index contributed by atoms with van der Waals surface area (Å²) in [4.78, 5) is 0. The fourth-order valence-corrected chi connectivity index (χ4v) is 1.92. The van der Waals surface area contributed by atoms with E-state index in [0.717, 1.165) is 0 Å². The molecule has 0 aromatic heterocycles. The highest BCUT2D eigenvalue weighted by Crippen LogP contribution is 2.52. The van der Waals surface area contributed by atoms with Crippen molar-refractivity contribution in [2.24, 2.45) is 5.41 Å². The third-order valence-electron chi connectivity index (χ3n) is 2.99. The molecule has 0 unspecified atom stereocenters. The van der Waals surface area contributed by atoms with Crippen LogP contribution >= 0.6 is 0 Å². The molecular formula is C13H16. The van der Waals surface area contributed by atoms with Crippen molar-refractivity contribution in [1.82, 2.24) is 0 Å². The lowest BCUT2D eigenvalue weighted by atomic mass is 9.71. The lowest BCUT2D eigenvalue weighted by Gasteiger charge is -2.31. The molecule has 0 saturated heterocycles. The smallest absolute Gasteiger partial charge is 0.0361 e. The molecule has 0 saturated carbocycles. The maximum Gasteiger partial charge on any atom is 0.0361 e. The molecule has 1 aliphatic rings. The Morgan fingerprint density at radius 1 is 0.923 bits per heavy atom. The largest absolute Gasteiger partial charge is 0.0725 e. The summed E-state index contributed by atoms with van der Waals surface area (Å²) in [5.41, 5.74) is 1.95. The van der Waals surface area contributed by atoms with Crippen molar-refractivity contribution >= 4 is 0 Å². The third kappa shape index (κ3) is 1.21. The van der Waals surface area contributed by atoms with Crippen LogP contribution in [-0.4, -0.2) is 0 Å². The molecule has 0 amide bonds. The van der Waals surface area contributed by atoms with Crippen molar-refractivity contribution in [3.63, 3.8) is 0 Å². The Hall–Kier alpha value is -1.04. The lowest BCUT2D eigenvalue weighted by molar-refractivity contribution is 0.326. The predicted molar refractivity (Wildman–Crippen MR) is 56.7 cm³/mol. The first-order valence-corrected chi connectivity index (χ1v) is 4.82. The minimum atomic E-state index is 0.230. The predicted octanol–water partition coefficient (Wildman–Crippen LogP) is 3.54. The van der Waals surface area contributed by atoms with E-state index >= 15 is 0 Å². The van der Waals surface area contributed by atoms with Gasteiger partial charge in [0, 0.05) is 5.41 Å². The van der Waals surface area contributed by atoms with Crippen LogP contribution in [0.5, 0.6) is 0 Å². The molecular weight excluding hydrogens is 156 g/mol. The normalized spacial score (nSPS) is 18.7. The van der Waals surface area contributed by atoms with Crippen LogP contribution in [0.25, 0.3) is 0 Å². The van der Waals surface area contributed by atoms with Gasteiger partial charge in [-0.15, -0.1) is 0 Å². The van der Waals surface area contributed by atoms with Crippen molar-refractivity contribution in [3.8, 4) is 0 Å². The van der Waals surface area contributed by atoms with Gasteiger partial charge in [0.2, 0.25) is 0 Å². The zero-order valence-corrected chi connectivity index (χ0v) is 8.54. The Kier molecular flexibility index (Phi) is 1.63. The molecule has 0 aliphatic heterocycles. The molecule has 0 nitrogen and oxygen atoms in total. The Labute approximate surface area is 80.3 Å². The van der Waals surface area contributed by atoms with Crippen molar-refractivity contribution < 1.29 is 0 Å². The van der Waals surface area contributed by atoms with Gasteiger partial charge in [-0.25, -0.2) is 0 Å². The first-order valence-electron chi connectivity index (χ1n) is 4.82. The average Bonchev–Trinajstić information content (AvgIpc) is 2.84. The highest BCUT2D eigenvalue weighted by Gasteiger charge is 2.46. The SMILES string of the molecule is CC(C)(C)C1(c2ccccc2)C=C1. The van der Waals surface area contributed by atoms with E-state index in [4.69, 9.17) is 0 Å². The molecule has 1 aromatic carbocycles. The number of benzene rings is 1. The second-order valence-corrected chi connectivity index (χ2v) is 4.82. The molecule has 0 bridgehead atoms. The second-order valence-electron chi connectivity index (χ2n) is 4.82. The van der Waals surface area contributed by atoms with Crippen LogP contribution in [0.15, 0.2) is 42.5 Å². The van der Waals surface area contributed by atoms with Crippen LogP contribution in [0.1, 0.15) is 26.3 Å². The van der Waals surface area contributed by atoms with Gasteiger partial charge < -0.3 is 0 Å². The molecule has 1 aliphatic carbocycles. The minimum absolute atomic E-state index is 0.230. The molecule has 1 aromatic rings. The van der Waals surface area contributed by atoms with Gasteiger partial charge in [-0.1, -0.05) is 63.3 Å².